The number of rotatable bonds is 9. The van der Waals surface area contributed by atoms with Gasteiger partial charge >= 0.3 is 18.2 Å². The number of hydrogen-bond acceptors (Lipinski definition) is 5. The molecule has 2 aromatic rings. The van der Waals surface area contributed by atoms with Crippen LogP contribution in [-0.4, -0.2) is 67.3 Å². The van der Waals surface area contributed by atoms with Gasteiger partial charge in [0.15, 0.2) is 5.78 Å². The maximum atomic E-state index is 13.0. The Hall–Kier alpha value is -3.51. The van der Waals surface area contributed by atoms with Crippen molar-refractivity contribution >= 4 is 17.8 Å². The average molecular weight is 542 g/mol. The number of likely N-dealkylation sites (tertiary alicyclic amines) is 1. The first kappa shape index (κ1) is 30.7. The number of nitrogens with one attached hydrogen (secondary N) is 2. The number of amides is 2. The number of piperidine rings is 1. The summed E-state index contributed by atoms with van der Waals surface area (Å²) < 4.78 is 49.8. The summed E-state index contributed by atoms with van der Waals surface area (Å²) in [7, 11) is 1.66. The third kappa shape index (κ3) is 11.3. The number of aliphatic carboxylic acids is 1. The number of carboxylic acid groups (broad SMARTS) is 1. The van der Waals surface area contributed by atoms with E-state index in [4.69, 9.17) is 14.6 Å². The van der Waals surface area contributed by atoms with Crippen LogP contribution in [0, 0.1) is 11.7 Å². The molecule has 2 amide bonds. The zero-order valence-electron chi connectivity index (χ0n) is 20.9. The van der Waals surface area contributed by atoms with Crippen LogP contribution in [0.15, 0.2) is 48.5 Å². The molecular weight excluding hydrogens is 510 g/mol. The second kappa shape index (κ2) is 15.0. The van der Waals surface area contributed by atoms with E-state index in [-0.39, 0.29) is 17.6 Å². The first-order valence-corrected chi connectivity index (χ1v) is 11.9. The molecule has 0 radical (unpaired) electrons. The monoisotopic (exact) mass is 541 g/mol. The van der Waals surface area contributed by atoms with Crippen LogP contribution in [0.1, 0.15) is 34.3 Å². The molecule has 0 aliphatic carbocycles. The first-order valence-electron chi connectivity index (χ1n) is 11.9. The van der Waals surface area contributed by atoms with E-state index in [2.05, 4.69) is 15.5 Å². The van der Waals surface area contributed by atoms with Gasteiger partial charge in [-0.05, 0) is 67.2 Å². The quantitative estimate of drug-likeness (QED) is 0.327. The lowest BCUT2D eigenvalue weighted by molar-refractivity contribution is -0.192. The number of alkyl halides is 3. The molecule has 208 valence electrons. The maximum Gasteiger partial charge on any atom is 0.490 e. The Labute approximate surface area is 218 Å². The summed E-state index contributed by atoms with van der Waals surface area (Å²) in [4.78, 5) is 35.4. The lowest BCUT2D eigenvalue weighted by atomic mass is 9.96. The van der Waals surface area contributed by atoms with Gasteiger partial charge in [0.05, 0.1) is 13.2 Å². The van der Waals surface area contributed by atoms with E-state index in [9.17, 15) is 27.2 Å². The summed E-state index contributed by atoms with van der Waals surface area (Å²) in [6.45, 7) is 3.65. The zero-order chi connectivity index (χ0) is 28.1. The molecule has 0 bridgehead atoms. The first-order chi connectivity index (χ1) is 18.0. The van der Waals surface area contributed by atoms with E-state index < -0.39 is 12.1 Å². The molecule has 1 aliphatic heterocycles. The predicted molar refractivity (Wildman–Crippen MR) is 131 cm³/mol. The number of benzene rings is 2. The molecule has 3 N–H and O–H groups in total. The van der Waals surface area contributed by atoms with Gasteiger partial charge in [-0.3, -0.25) is 9.69 Å². The van der Waals surface area contributed by atoms with Crippen LogP contribution < -0.4 is 10.6 Å². The normalized spacial score (nSPS) is 14.2. The van der Waals surface area contributed by atoms with Crippen LogP contribution >= 0.6 is 0 Å². The van der Waals surface area contributed by atoms with Crippen LogP contribution in [0.2, 0.25) is 0 Å². The number of nitrogens with zero attached hydrogens (tertiary/aromatic N) is 1. The summed E-state index contributed by atoms with van der Waals surface area (Å²) in [5, 5.41) is 13.0. The molecular formula is C26H31F4N3O5. The molecule has 0 atom stereocenters. The Morgan fingerprint density at radius 3 is 2.05 bits per heavy atom. The van der Waals surface area contributed by atoms with Crippen molar-refractivity contribution in [2.45, 2.75) is 32.2 Å². The molecule has 0 unspecified atom stereocenters. The minimum atomic E-state index is -5.08. The SMILES string of the molecule is COCc1ccc(CNC(=O)NCC2CCN(CC(=O)c3ccc(F)cc3)CC2)cc1.O=C(O)C(F)(F)F. The summed E-state index contributed by atoms with van der Waals surface area (Å²) in [6, 6.07) is 13.5. The molecule has 8 nitrogen and oxygen atoms in total. The summed E-state index contributed by atoms with van der Waals surface area (Å²) in [5.74, 6) is -2.69. The Balaban J connectivity index is 0.000000638. The average Bonchev–Trinajstić information content (AvgIpc) is 2.88. The van der Waals surface area contributed by atoms with Crippen molar-refractivity contribution in [1.29, 1.82) is 0 Å². The second-order valence-electron chi connectivity index (χ2n) is 8.77. The number of Topliss-reactive ketones (excluding diaryl/α,β-unsaturated/α-hetero) is 1. The largest absolute Gasteiger partial charge is 0.490 e. The van der Waals surface area contributed by atoms with Crippen molar-refractivity contribution in [1.82, 2.24) is 15.5 Å². The highest BCUT2D eigenvalue weighted by Crippen LogP contribution is 2.17. The lowest BCUT2D eigenvalue weighted by Crippen LogP contribution is -2.42. The van der Waals surface area contributed by atoms with Crippen molar-refractivity contribution in [3.8, 4) is 0 Å². The standard InChI is InChI=1S/C24H30FN3O3.C2HF3O2/c1-31-17-20-4-2-18(3-5-20)14-26-24(30)27-15-19-10-12-28(13-11-19)16-23(29)21-6-8-22(25)9-7-21;3-2(4,5)1(6)7/h2-9,19H,10-17H2,1H3,(H2,26,27,30);(H,6,7). The molecule has 0 spiro atoms. The molecule has 0 aromatic heterocycles. The van der Waals surface area contributed by atoms with Crippen molar-refractivity contribution in [3.05, 3.63) is 71.0 Å². The number of methoxy groups -OCH3 is 1. The van der Waals surface area contributed by atoms with Crippen LogP contribution in [0.25, 0.3) is 0 Å². The Morgan fingerprint density at radius 2 is 1.53 bits per heavy atom. The fraction of sp³-hybridized carbons (Fsp3) is 0.423. The molecule has 12 heteroatoms. The Kier molecular flexibility index (Phi) is 12.2. The molecule has 3 rings (SSSR count). The highest BCUT2D eigenvalue weighted by Gasteiger charge is 2.38. The topological polar surface area (TPSA) is 108 Å². The minimum absolute atomic E-state index is 0.00575. The third-order valence-electron chi connectivity index (χ3n) is 5.82. The molecule has 1 saturated heterocycles. The highest BCUT2D eigenvalue weighted by molar-refractivity contribution is 5.97. The highest BCUT2D eigenvalue weighted by atomic mass is 19.4. The van der Waals surface area contributed by atoms with Gasteiger partial charge in [0.25, 0.3) is 0 Å². The summed E-state index contributed by atoms with van der Waals surface area (Å²) >= 11 is 0. The molecule has 1 heterocycles. The lowest BCUT2D eigenvalue weighted by Gasteiger charge is -2.31. The molecule has 1 aliphatic rings. The van der Waals surface area contributed by atoms with Crippen LogP contribution in [0.4, 0.5) is 22.4 Å². The van der Waals surface area contributed by atoms with Crippen molar-refractivity contribution in [2.24, 2.45) is 5.92 Å². The number of ketones is 1. The third-order valence-corrected chi connectivity index (χ3v) is 5.82. The second-order valence-corrected chi connectivity index (χ2v) is 8.77. The van der Waals surface area contributed by atoms with Crippen molar-refractivity contribution in [2.75, 3.05) is 33.3 Å². The number of hydrogen-bond donors (Lipinski definition) is 3. The molecule has 2 aromatic carbocycles. The van der Waals surface area contributed by atoms with Gasteiger partial charge in [-0.1, -0.05) is 24.3 Å². The number of carbonyl (C=O) groups is 3. The van der Waals surface area contributed by atoms with Crippen LogP contribution in [0.5, 0.6) is 0 Å². The van der Waals surface area contributed by atoms with E-state index in [1.54, 1.807) is 7.11 Å². The number of carbonyl (C=O) groups excluding carboxylic acids is 2. The van der Waals surface area contributed by atoms with Crippen molar-refractivity contribution < 1.29 is 41.8 Å². The maximum absolute atomic E-state index is 13.0. The Morgan fingerprint density at radius 1 is 0.974 bits per heavy atom. The van der Waals surface area contributed by atoms with Gasteiger partial charge in [0.2, 0.25) is 0 Å². The molecule has 1 fully saturated rings. The summed E-state index contributed by atoms with van der Waals surface area (Å²) in [5.41, 5.74) is 2.67. The van der Waals surface area contributed by atoms with E-state index in [0.29, 0.717) is 37.7 Å². The number of halogens is 4. The predicted octanol–water partition coefficient (Wildman–Crippen LogP) is 4.00. The van der Waals surface area contributed by atoms with Gasteiger partial charge in [0.1, 0.15) is 5.82 Å². The molecule has 38 heavy (non-hydrogen) atoms. The number of ether oxygens (including phenoxy) is 1. The fourth-order valence-corrected chi connectivity index (χ4v) is 3.68. The van der Waals surface area contributed by atoms with Crippen LogP contribution in [0.3, 0.4) is 0 Å². The zero-order valence-corrected chi connectivity index (χ0v) is 20.9. The number of urea groups is 1. The number of carboxylic acids is 1. The molecule has 0 saturated carbocycles. The van der Waals surface area contributed by atoms with E-state index >= 15 is 0 Å². The van der Waals surface area contributed by atoms with Gasteiger partial charge in [-0.25, -0.2) is 14.0 Å². The van der Waals surface area contributed by atoms with Gasteiger partial charge in [-0.2, -0.15) is 13.2 Å². The smallest absolute Gasteiger partial charge is 0.475 e. The van der Waals surface area contributed by atoms with Crippen molar-refractivity contribution in [3.63, 3.8) is 0 Å². The fourth-order valence-electron chi connectivity index (χ4n) is 3.68. The summed E-state index contributed by atoms with van der Waals surface area (Å²) in [6.07, 6.45) is -3.23. The Bertz CT molecular complexity index is 1040. The van der Waals surface area contributed by atoms with E-state index in [1.165, 1.54) is 24.3 Å². The van der Waals surface area contributed by atoms with Gasteiger partial charge < -0.3 is 20.5 Å². The van der Waals surface area contributed by atoms with Gasteiger partial charge in [0, 0.05) is 25.8 Å². The van der Waals surface area contributed by atoms with E-state index in [0.717, 1.165) is 37.1 Å². The minimum Gasteiger partial charge on any atom is -0.475 e. The van der Waals surface area contributed by atoms with E-state index in [1.807, 2.05) is 24.3 Å². The van der Waals surface area contributed by atoms with Gasteiger partial charge in [-0.15, -0.1) is 0 Å². The van der Waals surface area contributed by atoms with Crippen LogP contribution in [-0.2, 0) is 22.7 Å².